The molecule has 6 heteroatoms. The highest BCUT2D eigenvalue weighted by Gasteiger charge is 2.19. The van der Waals surface area contributed by atoms with E-state index in [-0.39, 0.29) is 5.91 Å². The number of amides is 1. The Kier molecular flexibility index (Phi) is 4.52. The number of carbonyl (C=O) groups is 1. The Hall–Kier alpha value is -1.76. The van der Waals surface area contributed by atoms with Gasteiger partial charge in [0.2, 0.25) is 0 Å². The van der Waals surface area contributed by atoms with Crippen LogP contribution in [0.5, 0.6) is 0 Å². The molecule has 0 aliphatic carbocycles. The number of carbonyl (C=O) groups excluding carboxylic acids is 1. The molecular formula is C16H19N3O2S. The molecule has 2 aromatic rings. The van der Waals surface area contributed by atoms with Crippen molar-refractivity contribution in [2.24, 2.45) is 0 Å². The van der Waals surface area contributed by atoms with Crippen molar-refractivity contribution >= 4 is 22.4 Å². The fraction of sp³-hybridized carbons (Fsp3) is 0.375. The van der Waals surface area contributed by atoms with Gasteiger partial charge in [-0.15, -0.1) is 11.3 Å². The highest BCUT2D eigenvalue weighted by molar-refractivity contribution is 7.15. The summed E-state index contributed by atoms with van der Waals surface area (Å²) < 4.78 is 5.10. The van der Waals surface area contributed by atoms with Crippen LogP contribution in [0, 0.1) is 0 Å². The zero-order chi connectivity index (χ0) is 15.5. The fourth-order valence-electron chi connectivity index (χ4n) is 2.51. The zero-order valence-corrected chi connectivity index (χ0v) is 13.6. The van der Waals surface area contributed by atoms with Gasteiger partial charge < -0.3 is 9.64 Å². The zero-order valence-electron chi connectivity index (χ0n) is 12.8. The second-order valence-electron chi connectivity index (χ2n) is 5.46. The number of aromatic nitrogens is 1. The molecule has 0 atom stereocenters. The van der Waals surface area contributed by atoms with E-state index in [0.717, 1.165) is 30.8 Å². The third-order valence-corrected chi connectivity index (χ3v) is 4.64. The summed E-state index contributed by atoms with van der Waals surface area (Å²) in [4.78, 5) is 20.4. The molecule has 0 bridgehead atoms. The van der Waals surface area contributed by atoms with Crippen LogP contribution in [0.4, 0.5) is 5.13 Å². The number of nitrogens with one attached hydrogen (secondary N) is 1. The minimum absolute atomic E-state index is 0.127. The maximum Gasteiger partial charge on any atom is 0.257 e. The monoisotopic (exact) mass is 317 g/mol. The van der Waals surface area contributed by atoms with Crippen molar-refractivity contribution in [3.05, 3.63) is 46.0 Å². The second kappa shape index (κ2) is 6.56. The molecule has 1 aromatic heterocycles. The number of rotatable bonds is 4. The van der Waals surface area contributed by atoms with E-state index in [1.807, 2.05) is 18.2 Å². The number of ether oxygens (including phenoxy) is 1. The number of fused-ring (bicyclic) bond motifs is 1. The van der Waals surface area contributed by atoms with Gasteiger partial charge in [-0.2, -0.15) is 0 Å². The SMILES string of the molecule is COCc1cccc(C(=O)Nc2nc3c(s2)CN(C)CC3)c1. The van der Waals surface area contributed by atoms with Crippen molar-refractivity contribution in [2.75, 3.05) is 26.0 Å². The Morgan fingerprint density at radius 3 is 3.18 bits per heavy atom. The number of anilines is 1. The summed E-state index contributed by atoms with van der Waals surface area (Å²) >= 11 is 1.57. The summed E-state index contributed by atoms with van der Waals surface area (Å²) in [5.74, 6) is -0.127. The molecule has 1 aliphatic heterocycles. The first kappa shape index (κ1) is 15.1. The first-order valence-electron chi connectivity index (χ1n) is 7.22. The molecule has 1 aliphatic rings. The van der Waals surface area contributed by atoms with Crippen LogP contribution < -0.4 is 5.32 Å². The number of thiazole rings is 1. The maximum atomic E-state index is 12.4. The van der Waals surface area contributed by atoms with Crippen molar-refractivity contribution in [1.82, 2.24) is 9.88 Å². The maximum absolute atomic E-state index is 12.4. The smallest absolute Gasteiger partial charge is 0.257 e. The number of hydrogen-bond acceptors (Lipinski definition) is 5. The first-order valence-corrected chi connectivity index (χ1v) is 8.03. The summed E-state index contributed by atoms with van der Waals surface area (Å²) in [6.45, 7) is 2.42. The van der Waals surface area contributed by atoms with Crippen molar-refractivity contribution in [3.63, 3.8) is 0 Å². The molecule has 0 saturated heterocycles. The van der Waals surface area contributed by atoms with Crippen LogP contribution in [-0.2, 0) is 24.3 Å². The summed E-state index contributed by atoms with van der Waals surface area (Å²) in [6.07, 6.45) is 0.946. The van der Waals surface area contributed by atoms with Gasteiger partial charge in [0.25, 0.3) is 5.91 Å². The Morgan fingerprint density at radius 2 is 2.36 bits per heavy atom. The topological polar surface area (TPSA) is 54.5 Å². The van der Waals surface area contributed by atoms with Gasteiger partial charge in [-0.3, -0.25) is 10.1 Å². The van der Waals surface area contributed by atoms with Gasteiger partial charge in [0.15, 0.2) is 5.13 Å². The van der Waals surface area contributed by atoms with Crippen molar-refractivity contribution in [1.29, 1.82) is 0 Å². The third-order valence-electron chi connectivity index (χ3n) is 3.64. The van der Waals surface area contributed by atoms with E-state index in [1.54, 1.807) is 24.5 Å². The van der Waals surface area contributed by atoms with E-state index < -0.39 is 0 Å². The van der Waals surface area contributed by atoms with Crippen LogP contribution >= 0.6 is 11.3 Å². The molecule has 0 saturated carbocycles. The van der Waals surface area contributed by atoms with E-state index in [4.69, 9.17) is 4.74 Å². The molecule has 116 valence electrons. The summed E-state index contributed by atoms with van der Waals surface area (Å²) in [5.41, 5.74) is 2.72. The number of nitrogens with zero attached hydrogens (tertiary/aromatic N) is 2. The minimum atomic E-state index is -0.127. The van der Waals surface area contributed by atoms with Crippen molar-refractivity contribution < 1.29 is 9.53 Å². The average Bonchev–Trinajstić information content (AvgIpc) is 2.89. The molecule has 1 aromatic carbocycles. The molecular weight excluding hydrogens is 298 g/mol. The van der Waals surface area contributed by atoms with Crippen LogP contribution in [-0.4, -0.2) is 36.5 Å². The van der Waals surface area contributed by atoms with Crippen molar-refractivity contribution in [3.8, 4) is 0 Å². The van der Waals surface area contributed by atoms with Crippen LogP contribution in [0.1, 0.15) is 26.5 Å². The van der Waals surface area contributed by atoms with Gasteiger partial charge in [-0.1, -0.05) is 12.1 Å². The van der Waals surface area contributed by atoms with Gasteiger partial charge in [0.05, 0.1) is 12.3 Å². The molecule has 0 unspecified atom stereocenters. The van der Waals surface area contributed by atoms with E-state index in [1.165, 1.54) is 4.88 Å². The van der Waals surface area contributed by atoms with Crippen LogP contribution in [0.15, 0.2) is 24.3 Å². The predicted octanol–water partition coefficient (Wildman–Crippen LogP) is 2.53. The second-order valence-corrected chi connectivity index (χ2v) is 6.55. The summed E-state index contributed by atoms with van der Waals surface area (Å²) in [6, 6.07) is 7.46. The Labute approximate surface area is 133 Å². The number of benzene rings is 1. The Bertz CT molecular complexity index is 684. The number of hydrogen-bond donors (Lipinski definition) is 1. The number of methoxy groups -OCH3 is 1. The van der Waals surface area contributed by atoms with Gasteiger partial charge in [-0.25, -0.2) is 4.98 Å². The Morgan fingerprint density at radius 1 is 1.50 bits per heavy atom. The van der Waals surface area contributed by atoms with E-state index in [2.05, 4.69) is 22.2 Å². The normalized spacial score (nSPS) is 14.6. The van der Waals surface area contributed by atoms with Crippen LogP contribution in [0.25, 0.3) is 0 Å². The highest BCUT2D eigenvalue weighted by Crippen LogP contribution is 2.28. The molecule has 0 spiro atoms. The lowest BCUT2D eigenvalue weighted by atomic mass is 10.1. The third kappa shape index (κ3) is 3.35. The highest BCUT2D eigenvalue weighted by atomic mass is 32.1. The summed E-state index contributed by atoms with van der Waals surface area (Å²) in [5, 5.41) is 3.59. The van der Waals surface area contributed by atoms with Crippen molar-refractivity contribution in [2.45, 2.75) is 19.6 Å². The molecule has 1 amide bonds. The Balaban J connectivity index is 1.73. The molecule has 5 nitrogen and oxygen atoms in total. The van der Waals surface area contributed by atoms with Gasteiger partial charge >= 0.3 is 0 Å². The van der Waals surface area contributed by atoms with Crippen LogP contribution in [0.3, 0.4) is 0 Å². The molecule has 0 radical (unpaired) electrons. The molecule has 1 N–H and O–H groups in total. The van der Waals surface area contributed by atoms with Gasteiger partial charge in [0.1, 0.15) is 0 Å². The average molecular weight is 317 g/mol. The van der Waals surface area contributed by atoms with Crippen LogP contribution in [0.2, 0.25) is 0 Å². The number of likely N-dealkylation sites (N-methyl/N-ethyl adjacent to an activating group) is 1. The standard InChI is InChI=1S/C16H19N3O2S/c1-19-7-6-13-14(9-19)22-16(17-13)18-15(20)12-5-3-4-11(8-12)10-21-2/h3-5,8H,6-7,9-10H2,1-2H3,(H,17,18,20). The summed E-state index contributed by atoms with van der Waals surface area (Å²) in [7, 11) is 3.74. The lowest BCUT2D eigenvalue weighted by molar-refractivity contribution is 0.102. The van der Waals surface area contributed by atoms with E-state index in [9.17, 15) is 4.79 Å². The molecule has 2 heterocycles. The largest absolute Gasteiger partial charge is 0.380 e. The lowest BCUT2D eigenvalue weighted by Gasteiger charge is -2.20. The quantitative estimate of drug-likeness (QED) is 0.941. The molecule has 22 heavy (non-hydrogen) atoms. The molecule has 3 rings (SSSR count). The fourth-order valence-corrected chi connectivity index (χ4v) is 3.60. The molecule has 0 fully saturated rings. The predicted molar refractivity (Wildman–Crippen MR) is 87.3 cm³/mol. The van der Waals surface area contributed by atoms with E-state index >= 15 is 0 Å². The minimum Gasteiger partial charge on any atom is -0.380 e. The van der Waals surface area contributed by atoms with Gasteiger partial charge in [0, 0.05) is 37.1 Å². The van der Waals surface area contributed by atoms with Gasteiger partial charge in [-0.05, 0) is 24.7 Å². The first-order chi connectivity index (χ1) is 10.7. The van der Waals surface area contributed by atoms with E-state index in [0.29, 0.717) is 17.3 Å². The lowest BCUT2D eigenvalue weighted by Crippen LogP contribution is -2.25.